The summed E-state index contributed by atoms with van der Waals surface area (Å²) in [6.45, 7) is 6.36. The van der Waals surface area contributed by atoms with Crippen LogP contribution >= 0.6 is 11.8 Å². The highest BCUT2D eigenvalue weighted by atomic mass is 32.2. The third kappa shape index (κ3) is 5.04. The first-order valence-electron chi connectivity index (χ1n) is 9.23. The van der Waals surface area contributed by atoms with E-state index in [0.29, 0.717) is 18.5 Å². The van der Waals surface area contributed by atoms with Crippen LogP contribution in [-0.4, -0.2) is 37.2 Å². The molecule has 2 amide bonds. The van der Waals surface area contributed by atoms with Gasteiger partial charge >= 0.3 is 0 Å². The number of anilines is 2. The van der Waals surface area contributed by atoms with E-state index in [4.69, 9.17) is 0 Å². The van der Waals surface area contributed by atoms with Gasteiger partial charge in [-0.05, 0) is 49.7 Å². The normalized spacial score (nSPS) is 13.3. The fourth-order valence-corrected chi connectivity index (χ4v) is 4.00. The van der Waals surface area contributed by atoms with Crippen LogP contribution in [0.1, 0.15) is 29.3 Å². The van der Waals surface area contributed by atoms with E-state index < -0.39 is 0 Å². The molecule has 2 aromatic carbocycles. The number of carbonyl (C=O) groups excluding carboxylic acids is 2. The van der Waals surface area contributed by atoms with Crippen LogP contribution in [0, 0.1) is 6.92 Å². The van der Waals surface area contributed by atoms with Crippen LogP contribution in [0.4, 0.5) is 11.4 Å². The van der Waals surface area contributed by atoms with Crippen molar-refractivity contribution in [1.82, 2.24) is 5.32 Å². The van der Waals surface area contributed by atoms with Crippen LogP contribution in [0.5, 0.6) is 0 Å². The summed E-state index contributed by atoms with van der Waals surface area (Å²) in [7, 11) is 0. The van der Waals surface area contributed by atoms with Gasteiger partial charge in [0, 0.05) is 48.0 Å². The van der Waals surface area contributed by atoms with Gasteiger partial charge in [0.2, 0.25) is 5.91 Å². The van der Waals surface area contributed by atoms with E-state index in [0.717, 1.165) is 35.1 Å². The monoisotopic (exact) mass is 383 g/mol. The number of hydrogen-bond donors (Lipinski definition) is 2. The molecule has 0 aliphatic carbocycles. The highest BCUT2D eigenvalue weighted by Crippen LogP contribution is 2.31. The summed E-state index contributed by atoms with van der Waals surface area (Å²) >= 11 is 1.64. The minimum atomic E-state index is -0.124. The number of aryl methyl sites for hydroxylation is 1. The standard InChI is InChI=1S/C21H25N3O2S/c1-3-24(17-6-4-5-15(2)13-17)11-10-22-21(26)16-7-8-19-18(14-16)23-20(25)9-12-27-19/h4-8,13-14H,3,9-12H2,1-2H3,(H,22,26)(H,23,25). The molecule has 0 saturated carbocycles. The van der Waals surface area contributed by atoms with Gasteiger partial charge in [-0.1, -0.05) is 12.1 Å². The van der Waals surface area contributed by atoms with Crippen molar-refractivity contribution in [2.45, 2.75) is 25.2 Å². The first kappa shape index (κ1) is 19.3. The number of nitrogens with zero attached hydrogens (tertiary/aromatic N) is 1. The van der Waals surface area contributed by atoms with Gasteiger partial charge in [-0.3, -0.25) is 9.59 Å². The second-order valence-electron chi connectivity index (χ2n) is 6.53. The van der Waals surface area contributed by atoms with E-state index in [1.54, 1.807) is 17.8 Å². The van der Waals surface area contributed by atoms with Crippen molar-refractivity contribution < 1.29 is 9.59 Å². The third-order valence-corrected chi connectivity index (χ3v) is 5.59. The summed E-state index contributed by atoms with van der Waals surface area (Å²) in [5.41, 5.74) is 3.68. The molecule has 0 fully saturated rings. The van der Waals surface area contributed by atoms with E-state index in [2.05, 4.69) is 47.6 Å². The maximum atomic E-state index is 12.5. The minimum absolute atomic E-state index is 0.00412. The van der Waals surface area contributed by atoms with Gasteiger partial charge in [-0.25, -0.2) is 0 Å². The van der Waals surface area contributed by atoms with E-state index >= 15 is 0 Å². The van der Waals surface area contributed by atoms with Crippen molar-refractivity contribution in [1.29, 1.82) is 0 Å². The maximum Gasteiger partial charge on any atom is 0.251 e. The van der Waals surface area contributed by atoms with Gasteiger partial charge in [-0.2, -0.15) is 0 Å². The lowest BCUT2D eigenvalue weighted by molar-refractivity contribution is -0.115. The Hall–Kier alpha value is -2.47. The molecular weight excluding hydrogens is 358 g/mol. The molecule has 0 atom stereocenters. The predicted molar refractivity (Wildman–Crippen MR) is 112 cm³/mol. The zero-order valence-electron chi connectivity index (χ0n) is 15.7. The molecule has 6 heteroatoms. The third-order valence-electron chi connectivity index (χ3n) is 4.52. The van der Waals surface area contributed by atoms with Crippen molar-refractivity contribution in [3.63, 3.8) is 0 Å². The Morgan fingerprint density at radius 1 is 1.26 bits per heavy atom. The molecule has 1 heterocycles. The largest absolute Gasteiger partial charge is 0.370 e. The molecule has 1 aliphatic rings. The summed E-state index contributed by atoms with van der Waals surface area (Å²) in [5, 5.41) is 5.86. The predicted octanol–water partition coefficient (Wildman–Crippen LogP) is 3.69. The molecule has 0 saturated heterocycles. The number of thioether (sulfide) groups is 1. The lowest BCUT2D eigenvalue weighted by Crippen LogP contribution is -2.35. The number of likely N-dealkylation sites (N-methyl/N-ethyl adjacent to an activating group) is 1. The minimum Gasteiger partial charge on any atom is -0.370 e. The topological polar surface area (TPSA) is 61.4 Å². The zero-order chi connectivity index (χ0) is 19.2. The average molecular weight is 384 g/mol. The van der Waals surface area contributed by atoms with Gasteiger partial charge in [-0.15, -0.1) is 11.8 Å². The number of rotatable bonds is 6. The first-order chi connectivity index (χ1) is 13.1. The van der Waals surface area contributed by atoms with E-state index in [1.165, 1.54) is 5.56 Å². The second-order valence-corrected chi connectivity index (χ2v) is 7.67. The molecule has 142 valence electrons. The Labute approximate surface area is 164 Å². The SMILES string of the molecule is CCN(CCNC(=O)c1ccc2c(c1)NC(=O)CCS2)c1cccc(C)c1. The lowest BCUT2D eigenvalue weighted by Gasteiger charge is -2.23. The smallest absolute Gasteiger partial charge is 0.251 e. The van der Waals surface area contributed by atoms with Crippen molar-refractivity contribution in [2.24, 2.45) is 0 Å². The van der Waals surface area contributed by atoms with Crippen LogP contribution in [-0.2, 0) is 4.79 Å². The molecule has 5 nitrogen and oxygen atoms in total. The number of carbonyl (C=O) groups is 2. The Balaban J connectivity index is 1.60. The lowest BCUT2D eigenvalue weighted by atomic mass is 10.2. The molecule has 0 aromatic heterocycles. The fourth-order valence-electron chi connectivity index (χ4n) is 3.06. The highest BCUT2D eigenvalue weighted by molar-refractivity contribution is 7.99. The van der Waals surface area contributed by atoms with Crippen LogP contribution in [0.25, 0.3) is 0 Å². The number of hydrogen-bond acceptors (Lipinski definition) is 4. The Morgan fingerprint density at radius 3 is 2.89 bits per heavy atom. The Morgan fingerprint density at radius 2 is 2.11 bits per heavy atom. The molecule has 0 bridgehead atoms. The van der Waals surface area contributed by atoms with Gasteiger partial charge in [0.15, 0.2) is 0 Å². The Bertz CT molecular complexity index is 838. The molecule has 0 unspecified atom stereocenters. The van der Waals surface area contributed by atoms with Crippen LogP contribution in [0.2, 0.25) is 0 Å². The number of benzene rings is 2. The second kappa shape index (κ2) is 8.95. The quantitative estimate of drug-likeness (QED) is 0.799. The van der Waals surface area contributed by atoms with Crippen LogP contribution < -0.4 is 15.5 Å². The summed E-state index contributed by atoms with van der Waals surface area (Å²) in [5.74, 6) is 0.632. The number of fused-ring (bicyclic) bond motifs is 1. The van der Waals surface area contributed by atoms with E-state index in [1.807, 2.05) is 18.2 Å². The Kier molecular flexibility index (Phi) is 6.40. The summed E-state index contributed by atoms with van der Waals surface area (Å²) in [6.07, 6.45) is 0.493. The molecule has 2 N–H and O–H groups in total. The van der Waals surface area contributed by atoms with E-state index in [-0.39, 0.29) is 11.8 Å². The van der Waals surface area contributed by atoms with Crippen molar-refractivity contribution in [3.8, 4) is 0 Å². The van der Waals surface area contributed by atoms with Crippen molar-refractivity contribution in [3.05, 3.63) is 53.6 Å². The van der Waals surface area contributed by atoms with Gasteiger partial charge in [0.25, 0.3) is 5.91 Å². The summed E-state index contributed by atoms with van der Waals surface area (Å²) in [4.78, 5) is 27.5. The fraction of sp³-hybridized carbons (Fsp3) is 0.333. The number of amides is 2. The van der Waals surface area contributed by atoms with Crippen LogP contribution in [0.15, 0.2) is 47.4 Å². The molecule has 3 rings (SSSR count). The first-order valence-corrected chi connectivity index (χ1v) is 10.2. The maximum absolute atomic E-state index is 12.5. The number of nitrogens with one attached hydrogen (secondary N) is 2. The van der Waals surface area contributed by atoms with Crippen molar-refractivity contribution >= 4 is 35.0 Å². The van der Waals surface area contributed by atoms with E-state index in [9.17, 15) is 9.59 Å². The summed E-state index contributed by atoms with van der Waals surface area (Å²) < 4.78 is 0. The van der Waals surface area contributed by atoms with Crippen molar-refractivity contribution in [2.75, 3.05) is 35.6 Å². The molecule has 0 radical (unpaired) electrons. The van der Waals surface area contributed by atoms with Gasteiger partial charge < -0.3 is 15.5 Å². The molecule has 2 aromatic rings. The van der Waals surface area contributed by atoms with Crippen LogP contribution in [0.3, 0.4) is 0 Å². The van der Waals surface area contributed by atoms with Gasteiger partial charge in [0.05, 0.1) is 5.69 Å². The zero-order valence-corrected chi connectivity index (χ0v) is 16.6. The molecule has 1 aliphatic heterocycles. The molecular formula is C21H25N3O2S. The van der Waals surface area contributed by atoms with Gasteiger partial charge in [0.1, 0.15) is 0 Å². The molecule has 0 spiro atoms. The average Bonchev–Trinajstić information content (AvgIpc) is 2.84. The molecule has 27 heavy (non-hydrogen) atoms. The highest BCUT2D eigenvalue weighted by Gasteiger charge is 2.16. The summed E-state index contributed by atoms with van der Waals surface area (Å²) in [6, 6.07) is 13.9.